The predicted octanol–water partition coefficient (Wildman–Crippen LogP) is 1.91. The number of esters is 1. The summed E-state index contributed by atoms with van der Waals surface area (Å²) in [4.78, 5) is 30.4. The molecule has 1 aromatic carbocycles. The van der Waals surface area contributed by atoms with Crippen LogP contribution in [0.25, 0.3) is 16.0 Å². The number of benzene rings is 1. The molecule has 9 heteroatoms. The first-order chi connectivity index (χ1) is 14.3. The first kappa shape index (κ1) is 20.1. The number of aliphatic hydroxyl groups is 1. The molecular weight excluding hydrogens is 404 g/mol. The number of rotatable bonds is 3. The van der Waals surface area contributed by atoms with Crippen LogP contribution in [0.1, 0.15) is 34.4 Å². The zero-order chi connectivity index (χ0) is 21.5. The van der Waals surface area contributed by atoms with Gasteiger partial charge in [-0.15, -0.1) is 11.3 Å². The molecule has 8 nitrogen and oxygen atoms in total. The Hall–Kier alpha value is -3.22. The molecule has 4 rings (SSSR count). The number of fused-ring (bicyclic) bond motifs is 1. The van der Waals surface area contributed by atoms with Gasteiger partial charge in [-0.1, -0.05) is 17.9 Å². The first-order valence-electron chi connectivity index (χ1n) is 9.47. The van der Waals surface area contributed by atoms with E-state index in [-0.39, 0.29) is 18.7 Å². The van der Waals surface area contributed by atoms with E-state index >= 15 is 0 Å². The molecule has 1 fully saturated rings. The number of carbonyl (C=O) groups excluding carboxylic acids is 2. The highest BCUT2D eigenvalue weighted by Gasteiger charge is 2.42. The van der Waals surface area contributed by atoms with E-state index in [2.05, 4.69) is 21.9 Å². The van der Waals surface area contributed by atoms with Gasteiger partial charge in [-0.3, -0.25) is 4.79 Å². The standard InChI is InChI=1S/C21H20N4O4S/c1-4-29-19(26)16-17-18(22-13(2)30-17)25(23-16)15-7-5-6-14(12-15)8-9-21(28)10-11-24(3)20(21)27/h5-7,12,28H,4,10-11H2,1-3H3/t21-/m0/s1. The maximum absolute atomic E-state index is 12.3. The lowest BCUT2D eigenvalue weighted by molar-refractivity contribution is -0.137. The maximum atomic E-state index is 12.3. The minimum atomic E-state index is -1.66. The second-order valence-corrected chi connectivity index (χ2v) is 8.21. The SMILES string of the molecule is CCOC(=O)c1nn(-c2cccc(C#C[C@]3(O)CCN(C)C3=O)c2)c2nc(C)sc12. The van der Waals surface area contributed by atoms with Crippen LogP contribution in [0.2, 0.25) is 0 Å². The van der Waals surface area contributed by atoms with Gasteiger partial charge in [0.2, 0.25) is 5.60 Å². The number of aromatic nitrogens is 3. The summed E-state index contributed by atoms with van der Waals surface area (Å²) in [7, 11) is 1.64. The molecule has 0 radical (unpaired) electrons. The topological polar surface area (TPSA) is 97.5 Å². The van der Waals surface area contributed by atoms with Crippen molar-refractivity contribution in [2.24, 2.45) is 0 Å². The summed E-state index contributed by atoms with van der Waals surface area (Å²) in [5, 5.41) is 15.7. The van der Waals surface area contributed by atoms with Crippen LogP contribution in [-0.4, -0.2) is 62.4 Å². The molecule has 154 valence electrons. The number of likely N-dealkylation sites (tertiary alicyclic amines) is 1. The zero-order valence-electron chi connectivity index (χ0n) is 16.8. The second kappa shape index (κ2) is 7.55. The van der Waals surface area contributed by atoms with Crippen molar-refractivity contribution in [3.05, 3.63) is 40.5 Å². The Morgan fingerprint density at radius 1 is 1.43 bits per heavy atom. The van der Waals surface area contributed by atoms with E-state index in [1.165, 1.54) is 16.2 Å². The third-order valence-electron chi connectivity index (χ3n) is 4.81. The maximum Gasteiger partial charge on any atom is 0.360 e. The van der Waals surface area contributed by atoms with Gasteiger partial charge >= 0.3 is 5.97 Å². The highest BCUT2D eigenvalue weighted by atomic mass is 32.1. The minimum absolute atomic E-state index is 0.225. The van der Waals surface area contributed by atoms with E-state index in [9.17, 15) is 14.7 Å². The largest absolute Gasteiger partial charge is 0.461 e. The van der Waals surface area contributed by atoms with Gasteiger partial charge in [0, 0.05) is 25.6 Å². The van der Waals surface area contributed by atoms with Gasteiger partial charge in [0.15, 0.2) is 11.3 Å². The molecule has 1 N–H and O–H groups in total. The third kappa shape index (κ3) is 3.44. The third-order valence-corrected chi connectivity index (χ3v) is 5.78. The smallest absolute Gasteiger partial charge is 0.360 e. The predicted molar refractivity (Wildman–Crippen MR) is 112 cm³/mol. The van der Waals surface area contributed by atoms with Crippen LogP contribution in [0.15, 0.2) is 24.3 Å². The van der Waals surface area contributed by atoms with Gasteiger partial charge in [-0.2, -0.15) is 5.10 Å². The number of thiazole rings is 1. The van der Waals surface area contributed by atoms with Gasteiger partial charge in [0.25, 0.3) is 5.91 Å². The lowest BCUT2D eigenvalue weighted by Crippen LogP contribution is -2.37. The summed E-state index contributed by atoms with van der Waals surface area (Å²) in [5.41, 5.74) is 0.401. The number of hydrogen-bond donors (Lipinski definition) is 1. The average Bonchev–Trinajstić information content (AvgIpc) is 3.35. The molecule has 0 saturated carbocycles. The van der Waals surface area contributed by atoms with E-state index in [1.807, 2.05) is 13.0 Å². The summed E-state index contributed by atoms with van der Waals surface area (Å²) < 4.78 is 7.37. The molecule has 1 amide bonds. The van der Waals surface area contributed by atoms with Crippen molar-refractivity contribution in [3.63, 3.8) is 0 Å². The Bertz CT molecular complexity index is 1220. The van der Waals surface area contributed by atoms with Gasteiger partial charge in [0.1, 0.15) is 4.70 Å². The molecule has 1 aliphatic heterocycles. The fourth-order valence-corrected chi connectivity index (χ4v) is 4.15. The molecule has 0 aliphatic carbocycles. The van der Waals surface area contributed by atoms with Crippen molar-refractivity contribution in [1.82, 2.24) is 19.7 Å². The number of aryl methyl sites for hydroxylation is 1. The van der Waals surface area contributed by atoms with Crippen molar-refractivity contribution in [3.8, 4) is 17.5 Å². The second-order valence-electron chi connectivity index (χ2n) is 7.00. The molecule has 0 bridgehead atoms. The Labute approximate surface area is 177 Å². The van der Waals surface area contributed by atoms with Crippen molar-refractivity contribution < 1.29 is 19.4 Å². The molecule has 0 spiro atoms. The fraction of sp³-hybridized carbons (Fsp3) is 0.333. The molecular formula is C21H20N4O4S. The zero-order valence-corrected chi connectivity index (χ0v) is 17.6. The molecule has 1 atom stereocenters. The van der Waals surface area contributed by atoms with Crippen molar-refractivity contribution in [2.75, 3.05) is 20.2 Å². The van der Waals surface area contributed by atoms with Crippen molar-refractivity contribution in [2.45, 2.75) is 25.9 Å². The van der Waals surface area contributed by atoms with Gasteiger partial charge < -0.3 is 14.7 Å². The van der Waals surface area contributed by atoms with Crippen LogP contribution >= 0.6 is 11.3 Å². The monoisotopic (exact) mass is 424 g/mol. The Morgan fingerprint density at radius 2 is 2.23 bits per heavy atom. The number of carbonyl (C=O) groups is 2. The van der Waals surface area contributed by atoms with Gasteiger partial charge in [-0.05, 0) is 32.0 Å². The minimum Gasteiger partial charge on any atom is -0.461 e. The average molecular weight is 424 g/mol. The molecule has 30 heavy (non-hydrogen) atoms. The summed E-state index contributed by atoms with van der Waals surface area (Å²) in [6.07, 6.45) is 0.274. The van der Waals surface area contributed by atoms with Crippen LogP contribution in [0.4, 0.5) is 0 Å². The van der Waals surface area contributed by atoms with E-state index in [1.54, 1.807) is 36.9 Å². The summed E-state index contributed by atoms with van der Waals surface area (Å²) >= 11 is 1.38. The fourth-order valence-electron chi connectivity index (χ4n) is 3.28. The summed E-state index contributed by atoms with van der Waals surface area (Å²) in [6, 6.07) is 7.17. The van der Waals surface area contributed by atoms with E-state index in [4.69, 9.17) is 4.74 Å². The number of ether oxygens (including phenoxy) is 1. The summed E-state index contributed by atoms with van der Waals surface area (Å²) in [6.45, 7) is 4.33. The van der Waals surface area contributed by atoms with Crippen molar-refractivity contribution >= 4 is 33.6 Å². The molecule has 3 heterocycles. The highest BCUT2D eigenvalue weighted by molar-refractivity contribution is 7.18. The first-order valence-corrected chi connectivity index (χ1v) is 10.3. The Morgan fingerprint density at radius 3 is 2.93 bits per heavy atom. The van der Waals surface area contributed by atoms with E-state index in [0.29, 0.717) is 28.1 Å². The number of hydrogen-bond acceptors (Lipinski definition) is 7. The number of amides is 1. The molecule has 0 unspecified atom stereocenters. The van der Waals surface area contributed by atoms with E-state index in [0.717, 1.165) is 5.01 Å². The molecule has 3 aromatic rings. The van der Waals surface area contributed by atoms with E-state index < -0.39 is 17.5 Å². The Kier molecular flexibility index (Phi) is 5.05. The van der Waals surface area contributed by atoms with Gasteiger partial charge in [-0.25, -0.2) is 14.5 Å². The lowest BCUT2D eigenvalue weighted by Gasteiger charge is -2.13. The van der Waals surface area contributed by atoms with Crippen LogP contribution < -0.4 is 0 Å². The number of nitrogens with zero attached hydrogens (tertiary/aromatic N) is 4. The summed E-state index contributed by atoms with van der Waals surface area (Å²) in [5.74, 6) is 4.72. The van der Waals surface area contributed by atoms with Crippen LogP contribution in [0, 0.1) is 18.8 Å². The molecule has 2 aromatic heterocycles. The van der Waals surface area contributed by atoms with Gasteiger partial charge in [0.05, 0.1) is 17.3 Å². The van der Waals surface area contributed by atoms with Crippen molar-refractivity contribution in [1.29, 1.82) is 0 Å². The normalized spacial score (nSPS) is 18.5. The molecule has 1 saturated heterocycles. The quantitative estimate of drug-likeness (QED) is 0.510. The van der Waals surface area contributed by atoms with Crippen LogP contribution in [0.3, 0.4) is 0 Å². The Balaban J connectivity index is 1.74. The lowest BCUT2D eigenvalue weighted by atomic mass is 10.0. The number of likely N-dealkylation sites (N-methyl/N-ethyl adjacent to an activating group) is 1. The van der Waals surface area contributed by atoms with Crippen LogP contribution in [0.5, 0.6) is 0 Å². The molecule has 1 aliphatic rings. The highest BCUT2D eigenvalue weighted by Crippen LogP contribution is 2.28. The van der Waals surface area contributed by atoms with Crippen LogP contribution in [-0.2, 0) is 9.53 Å².